The number of rotatable bonds is 8. The Labute approximate surface area is 227 Å². The van der Waals surface area contributed by atoms with Crippen LogP contribution in [0.2, 0.25) is 0 Å². The molecule has 0 spiro atoms. The van der Waals surface area contributed by atoms with E-state index in [1.807, 2.05) is 0 Å². The third kappa shape index (κ3) is 5.68. The van der Waals surface area contributed by atoms with Gasteiger partial charge in [-0.15, -0.1) is 0 Å². The standard InChI is InChI=1S/C30H28F6O4/c1-3-21(37)20-12-14-23(29(36)27(20)34)40-30(38)16-7-5-15(6-8-16)17-9-10-18(25(32)24(17)31)19-11-13-22(39-4-2)28(35)26(19)33/h9-16,21,37H,3-8H2,1-2H3. The number of ether oxygens (including phenoxy) is 2. The van der Waals surface area contributed by atoms with Crippen LogP contribution in [0.25, 0.3) is 11.1 Å². The summed E-state index contributed by atoms with van der Waals surface area (Å²) in [5.41, 5.74) is -1.09. The summed E-state index contributed by atoms with van der Waals surface area (Å²) in [5, 5.41) is 9.79. The van der Waals surface area contributed by atoms with Gasteiger partial charge in [0, 0.05) is 16.7 Å². The highest BCUT2D eigenvalue weighted by Gasteiger charge is 2.32. The zero-order valence-electron chi connectivity index (χ0n) is 21.9. The number of carbonyl (C=O) groups excluding carboxylic acids is 1. The maximum Gasteiger partial charge on any atom is 0.314 e. The van der Waals surface area contributed by atoms with Gasteiger partial charge in [-0.05, 0) is 74.8 Å². The first kappa shape index (κ1) is 29.5. The maximum atomic E-state index is 15.1. The number of aliphatic hydroxyl groups excluding tert-OH is 1. The molecule has 4 nitrogen and oxygen atoms in total. The molecule has 4 rings (SSSR count). The van der Waals surface area contributed by atoms with Crippen LogP contribution < -0.4 is 9.47 Å². The van der Waals surface area contributed by atoms with E-state index in [1.54, 1.807) is 13.8 Å². The van der Waals surface area contributed by atoms with Crippen LogP contribution in [-0.4, -0.2) is 17.7 Å². The van der Waals surface area contributed by atoms with Crippen molar-refractivity contribution in [2.24, 2.45) is 5.92 Å². The molecule has 10 heteroatoms. The second kappa shape index (κ2) is 12.3. The Kier molecular flexibility index (Phi) is 9.08. The molecule has 0 heterocycles. The van der Waals surface area contributed by atoms with E-state index in [2.05, 4.69) is 0 Å². The zero-order valence-corrected chi connectivity index (χ0v) is 21.9. The molecule has 0 aliphatic heterocycles. The van der Waals surface area contributed by atoms with E-state index in [9.17, 15) is 27.5 Å². The lowest BCUT2D eigenvalue weighted by molar-refractivity contribution is -0.140. The SMILES string of the molecule is CCOc1ccc(-c2ccc(C3CCC(C(=O)Oc4ccc(C(O)CC)c(F)c4F)CC3)c(F)c2F)c(F)c1F. The van der Waals surface area contributed by atoms with Crippen molar-refractivity contribution in [3.63, 3.8) is 0 Å². The van der Waals surface area contributed by atoms with Crippen LogP contribution in [0.4, 0.5) is 26.3 Å². The molecule has 0 bridgehead atoms. The van der Waals surface area contributed by atoms with Gasteiger partial charge in [0.15, 0.2) is 34.8 Å². The zero-order chi connectivity index (χ0) is 29.1. The summed E-state index contributed by atoms with van der Waals surface area (Å²) in [6, 6.07) is 6.99. The normalized spacial score (nSPS) is 17.9. The highest BCUT2D eigenvalue weighted by atomic mass is 19.2. The predicted molar refractivity (Wildman–Crippen MR) is 135 cm³/mol. The van der Waals surface area contributed by atoms with Gasteiger partial charge < -0.3 is 14.6 Å². The van der Waals surface area contributed by atoms with E-state index in [4.69, 9.17) is 9.47 Å². The smallest absolute Gasteiger partial charge is 0.314 e. The summed E-state index contributed by atoms with van der Waals surface area (Å²) in [6.07, 6.45) is -0.0260. The summed E-state index contributed by atoms with van der Waals surface area (Å²) < 4.78 is 97.8. The van der Waals surface area contributed by atoms with Crippen LogP contribution >= 0.6 is 0 Å². The molecule has 1 atom stereocenters. The minimum atomic E-state index is -1.38. The Hall–Kier alpha value is -3.53. The summed E-state index contributed by atoms with van der Waals surface area (Å²) in [5.74, 6) is -10.7. The lowest BCUT2D eigenvalue weighted by Gasteiger charge is -2.28. The second-order valence-corrected chi connectivity index (χ2v) is 9.68. The average Bonchev–Trinajstić information content (AvgIpc) is 2.95. The maximum absolute atomic E-state index is 15.1. The van der Waals surface area contributed by atoms with Crippen molar-refractivity contribution in [3.8, 4) is 22.6 Å². The first-order valence-corrected chi connectivity index (χ1v) is 13.1. The number of hydrogen-bond donors (Lipinski definition) is 1. The van der Waals surface area contributed by atoms with Gasteiger partial charge in [0.2, 0.25) is 11.6 Å². The number of hydrogen-bond acceptors (Lipinski definition) is 4. The average molecular weight is 567 g/mol. The largest absolute Gasteiger partial charge is 0.491 e. The number of carbonyl (C=O) groups is 1. The van der Waals surface area contributed by atoms with Gasteiger partial charge in [-0.2, -0.15) is 8.78 Å². The third-order valence-corrected chi connectivity index (χ3v) is 7.28. The van der Waals surface area contributed by atoms with Crippen LogP contribution in [0.3, 0.4) is 0 Å². The van der Waals surface area contributed by atoms with Crippen LogP contribution in [-0.2, 0) is 4.79 Å². The van der Waals surface area contributed by atoms with E-state index in [1.165, 1.54) is 12.1 Å². The molecule has 1 aliphatic carbocycles. The molecule has 1 fully saturated rings. The fraction of sp³-hybridized carbons (Fsp3) is 0.367. The number of benzene rings is 3. The van der Waals surface area contributed by atoms with Gasteiger partial charge in [-0.1, -0.05) is 19.1 Å². The monoisotopic (exact) mass is 566 g/mol. The van der Waals surface area contributed by atoms with Crippen LogP contribution in [0, 0.1) is 40.8 Å². The van der Waals surface area contributed by atoms with E-state index < -0.39 is 75.7 Å². The highest BCUT2D eigenvalue weighted by molar-refractivity contribution is 5.75. The molecular formula is C30H28F6O4. The summed E-state index contributed by atoms with van der Waals surface area (Å²) in [6.45, 7) is 3.29. The number of aliphatic hydroxyl groups is 1. The third-order valence-electron chi connectivity index (χ3n) is 7.28. The molecule has 1 aliphatic rings. The molecule has 3 aromatic carbocycles. The van der Waals surface area contributed by atoms with Gasteiger partial charge in [0.1, 0.15) is 0 Å². The minimum Gasteiger partial charge on any atom is -0.491 e. The Bertz CT molecular complexity index is 1400. The van der Waals surface area contributed by atoms with Gasteiger partial charge in [-0.3, -0.25) is 4.79 Å². The molecule has 0 radical (unpaired) electrons. The Morgan fingerprint density at radius 3 is 1.98 bits per heavy atom. The van der Waals surface area contributed by atoms with Crippen molar-refractivity contribution in [1.29, 1.82) is 0 Å². The van der Waals surface area contributed by atoms with Gasteiger partial charge >= 0.3 is 5.97 Å². The second-order valence-electron chi connectivity index (χ2n) is 9.68. The van der Waals surface area contributed by atoms with Crippen LogP contribution in [0.1, 0.15) is 69.1 Å². The van der Waals surface area contributed by atoms with E-state index in [0.717, 1.165) is 24.3 Å². The summed E-state index contributed by atoms with van der Waals surface area (Å²) in [7, 11) is 0. The van der Waals surface area contributed by atoms with Crippen molar-refractivity contribution >= 4 is 5.97 Å². The number of esters is 1. The molecule has 40 heavy (non-hydrogen) atoms. The predicted octanol–water partition coefficient (Wildman–Crippen LogP) is 7.91. The lowest BCUT2D eigenvalue weighted by Crippen LogP contribution is -2.26. The van der Waals surface area contributed by atoms with Gasteiger partial charge in [0.25, 0.3) is 0 Å². The van der Waals surface area contributed by atoms with Gasteiger partial charge in [0.05, 0.1) is 18.6 Å². The molecule has 1 saturated carbocycles. The van der Waals surface area contributed by atoms with Crippen molar-refractivity contribution in [2.75, 3.05) is 6.61 Å². The fourth-order valence-corrected chi connectivity index (χ4v) is 5.03. The van der Waals surface area contributed by atoms with Crippen molar-refractivity contribution in [3.05, 3.63) is 82.4 Å². The van der Waals surface area contributed by atoms with Crippen LogP contribution in [0.5, 0.6) is 11.5 Å². The number of halogens is 6. The molecule has 0 saturated heterocycles. The molecule has 3 aromatic rings. The van der Waals surface area contributed by atoms with Crippen molar-refractivity contribution < 1.29 is 45.7 Å². The summed E-state index contributed by atoms with van der Waals surface area (Å²) >= 11 is 0. The van der Waals surface area contributed by atoms with Crippen LogP contribution in [0.15, 0.2) is 36.4 Å². The highest BCUT2D eigenvalue weighted by Crippen LogP contribution is 2.40. The molecule has 0 amide bonds. The minimum absolute atomic E-state index is 0.0399. The Morgan fingerprint density at radius 1 is 0.775 bits per heavy atom. The molecule has 0 aromatic heterocycles. The molecular weight excluding hydrogens is 538 g/mol. The molecule has 214 valence electrons. The molecule has 1 N–H and O–H groups in total. The topological polar surface area (TPSA) is 55.8 Å². The lowest BCUT2D eigenvalue weighted by atomic mass is 9.78. The summed E-state index contributed by atoms with van der Waals surface area (Å²) in [4.78, 5) is 12.6. The van der Waals surface area contributed by atoms with E-state index in [-0.39, 0.29) is 55.6 Å². The quantitative estimate of drug-likeness (QED) is 0.171. The fourth-order valence-electron chi connectivity index (χ4n) is 5.03. The first-order valence-electron chi connectivity index (χ1n) is 13.1. The molecule has 1 unspecified atom stereocenters. The Balaban J connectivity index is 1.45. The van der Waals surface area contributed by atoms with Gasteiger partial charge in [-0.25, -0.2) is 17.6 Å². The van der Waals surface area contributed by atoms with Crippen molar-refractivity contribution in [2.45, 2.75) is 58.0 Å². The van der Waals surface area contributed by atoms with Crippen molar-refractivity contribution in [1.82, 2.24) is 0 Å². The first-order chi connectivity index (χ1) is 19.1. The Morgan fingerprint density at radius 2 is 1.35 bits per heavy atom. The van der Waals surface area contributed by atoms with E-state index in [0.29, 0.717) is 0 Å². The van der Waals surface area contributed by atoms with E-state index >= 15 is 8.78 Å².